The van der Waals surface area contributed by atoms with Crippen LogP contribution >= 0.6 is 11.3 Å². The van der Waals surface area contributed by atoms with Crippen molar-refractivity contribution >= 4 is 11.3 Å². The quantitative estimate of drug-likeness (QED) is 0.887. The molecule has 96 valence electrons. The Morgan fingerprint density at radius 3 is 2.61 bits per heavy atom. The molecule has 1 aromatic carbocycles. The number of nitrogens with one attached hydrogen (secondary N) is 1. The fraction of sp³-hybridized carbons (Fsp3) is 0.333. The van der Waals surface area contributed by atoms with Crippen LogP contribution in [-0.2, 0) is 6.42 Å². The fourth-order valence-electron chi connectivity index (χ4n) is 2.10. The largest absolute Gasteiger partial charge is 0.496 e. The van der Waals surface area contributed by atoms with Crippen molar-refractivity contribution in [1.29, 1.82) is 0 Å². The Morgan fingerprint density at radius 1 is 1.22 bits per heavy atom. The third-order valence-corrected chi connectivity index (χ3v) is 4.35. The molecular weight excluding hydrogens is 242 g/mol. The number of aryl methyl sites for hydroxylation is 1. The summed E-state index contributed by atoms with van der Waals surface area (Å²) in [5.74, 6) is 0.934. The van der Waals surface area contributed by atoms with Crippen LogP contribution in [0.25, 0.3) is 0 Å². The van der Waals surface area contributed by atoms with E-state index in [4.69, 9.17) is 4.74 Å². The maximum atomic E-state index is 5.45. The Labute approximate surface area is 113 Å². The summed E-state index contributed by atoms with van der Waals surface area (Å²) in [6.45, 7) is 2.19. The highest BCUT2D eigenvalue weighted by Gasteiger charge is 2.17. The first-order chi connectivity index (χ1) is 8.80. The molecule has 1 heterocycles. The lowest BCUT2D eigenvalue weighted by Crippen LogP contribution is -2.17. The monoisotopic (exact) mass is 261 g/mol. The van der Waals surface area contributed by atoms with E-state index in [1.807, 2.05) is 30.5 Å². The van der Waals surface area contributed by atoms with Crippen molar-refractivity contribution in [3.8, 4) is 5.75 Å². The van der Waals surface area contributed by atoms with Crippen molar-refractivity contribution in [2.75, 3.05) is 14.2 Å². The number of hydrogen-bond donors (Lipinski definition) is 1. The molecule has 0 aliphatic carbocycles. The maximum absolute atomic E-state index is 5.45. The van der Waals surface area contributed by atoms with Crippen LogP contribution in [-0.4, -0.2) is 14.2 Å². The highest BCUT2D eigenvalue weighted by molar-refractivity contribution is 7.12. The Balaban J connectivity index is 2.38. The van der Waals surface area contributed by atoms with Gasteiger partial charge in [0.2, 0.25) is 0 Å². The molecule has 0 radical (unpaired) electrons. The first-order valence-electron chi connectivity index (χ1n) is 6.19. The van der Waals surface area contributed by atoms with Gasteiger partial charge < -0.3 is 10.1 Å². The lowest BCUT2D eigenvalue weighted by molar-refractivity contribution is 0.405. The van der Waals surface area contributed by atoms with Gasteiger partial charge in [-0.1, -0.05) is 25.1 Å². The predicted molar refractivity (Wildman–Crippen MR) is 77.6 cm³/mol. The topological polar surface area (TPSA) is 21.3 Å². The molecule has 0 saturated heterocycles. The van der Waals surface area contributed by atoms with Crippen LogP contribution in [0.3, 0.4) is 0 Å². The second kappa shape index (κ2) is 6.03. The van der Waals surface area contributed by atoms with Crippen LogP contribution in [0.4, 0.5) is 0 Å². The summed E-state index contributed by atoms with van der Waals surface area (Å²) in [6.07, 6.45) is 1.09. The molecule has 0 aliphatic heterocycles. The summed E-state index contributed by atoms with van der Waals surface area (Å²) in [5.41, 5.74) is 1.19. The van der Waals surface area contributed by atoms with Gasteiger partial charge in [-0.3, -0.25) is 0 Å². The van der Waals surface area contributed by atoms with Gasteiger partial charge in [0.15, 0.2) is 0 Å². The summed E-state index contributed by atoms with van der Waals surface area (Å²) in [4.78, 5) is 2.75. The minimum absolute atomic E-state index is 0.200. The standard InChI is InChI=1S/C15H19NOS/c1-4-11-9-10-14(18-11)15(16-2)12-7-5-6-8-13(12)17-3/h5-10,15-16H,4H2,1-3H3. The van der Waals surface area contributed by atoms with Crippen LogP contribution in [0.1, 0.15) is 28.3 Å². The van der Waals surface area contributed by atoms with Gasteiger partial charge in [-0.2, -0.15) is 0 Å². The van der Waals surface area contributed by atoms with E-state index in [9.17, 15) is 0 Å². The van der Waals surface area contributed by atoms with Crippen LogP contribution in [0.15, 0.2) is 36.4 Å². The van der Waals surface area contributed by atoms with Crippen molar-refractivity contribution in [2.24, 2.45) is 0 Å². The number of methoxy groups -OCH3 is 1. The molecule has 0 bridgehead atoms. The van der Waals surface area contributed by atoms with Gasteiger partial charge in [0.1, 0.15) is 5.75 Å². The number of thiophene rings is 1. The zero-order chi connectivity index (χ0) is 13.0. The van der Waals surface area contributed by atoms with E-state index in [-0.39, 0.29) is 6.04 Å². The Hall–Kier alpha value is -1.32. The van der Waals surface area contributed by atoms with Gasteiger partial charge in [-0.05, 0) is 31.7 Å². The maximum Gasteiger partial charge on any atom is 0.124 e. The van der Waals surface area contributed by atoms with Crippen molar-refractivity contribution in [2.45, 2.75) is 19.4 Å². The summed E-state index contributed by atoms with van der Waals surface area (Å²) in [5, 5.41) is 3.38. The molecule has 2 rings (SSSR count). The average molecular weight is 261 g/mol. The van der Waals surface area contributed by atoms with Gasteiger partial charge in [-0.25, -0.2) is 0 Å². The van der Waals surface area contributed by atoms with Crippen molar-refractivity contribution in [1.82, 2.24) is 5.32 Å². The SMILES string of the molecule is CCc1ccc(C(NC)c2ccccc2OC)s1. The van der Waals surface area contributed by atoms with Crippen molar-refractivity contribution in [3.05, 3.63) is 51.7 Å². The van der Waals surface area contributed by atoms with E-state index in [2.05, 4.69) is 36.5 Å². The highest BCUT2D eigenvalue weighted by Crippen LogP contribution is 2.33. The summed E-state index contributed by atoms with van der Waals surface area (Å²) in [7, 11) is 3.71. The number of para-hydroxylation sites is 1. The molecule has 1 unspecified atom stereocenters. The number of rotatable bonds is 5. The van der Waals surface area contributed by atoms with Gasteiger partial charge in [-0.15, -0.1) is 11.3 Å². The van der Waals surface area contributed by atoms with E-state index in [1.54, 1.807) is 7.11 Å². The van der Waals surface area contributed by atoms with Crippen molar-refractivity contribution in [3.63, 3.8) is 0 Å². The first-order valence-corrected chi connectivity index (χ1v) is 7.00. The van der Waals surface area contributed by atoms with Gasteiger partial charge >= 0.3 is 0 Å². The minimum Gasteiger partial charge on any atom is -0.496 e. The zero-order valence-corrected chi connectivity index (χ0v) is 11.9. The Bertz CT molecular complexity index is 507. The van der Waals surface area contributed by atoms with Gasteiger partial charge in [0.25, 0.3) is 0 Å². The fourth-order valence-corrected chi connectivity index (χ4v) is 3.18. The summed E-state index contributed by atoms with van der Waals surface area (Å²) in [6, 6.07) is 12.8. The van der Waals surface area contributed by atoms with E-state index in [0.29, 0.717) is 0 Å². The lowest BCUT2D eigenvalue weighted by Gasteiger charge is -2.18. The van der Waals surface area contributed by atoms with E-state index >= 15 is 0 Å². The Morgan fingerprint density at radius 2 is 2.00 bits per heavy atom. The van der Waals surface area contributed by atoms with Crippen molar-refractivity contribution < 1.29 is 4.74 Å². The van der Waals surface area contributed by atoms with Crippen LogP contribution in [0.5, 0.6) is 5.75 Å². The predicted octanol–water partition coefficient (Wildman–Crippen LogP) is 3.63. The molecule has 2 aromatic rings. The molecule has 0 aliphatic rings. The van der Waals surface area contributed by atoms with E-state index < -0.39 is 0 Å². The minimum atomic E-state index is 0.200. The molecule has 3 heteroatoms. The molecule has 0 amide bonds. The van der Waals surface area contributed by atoms with Crippen LogP contribution in [0.2, 0.25) is 0 Å². The molecule has 1 N–H and O–H groups in total. The molecule has 0 saturated carbocycles. The highest BCUT2D eigenvalue weighted by atomic mass is 32.1. The zero-order valence-electron chi connectivity index (χ0n) is 11.1. The second-order valence-corrected chi connectivity index (χ2v) is 5.32. The third kappa shape index (κ3) is 2.57. The summed E-state index contributed by atoms with van der Waals surface area (Å²) >= 11 is 1.86. The molecular formula is C15H19NOS. The Kier molecular flexibility index (Phi) is 4.39. The van der Waals surface area contributed by atoms with Gasteiger partial charge in [0.05, 0.1) is 13.2 Å². The third-order valence-electron chi connectivity index (χ3n) is 3.05. The van der Waals surface area contributed by atoms with Gasteiger partial charge in [0, 0.05) is 15.3 Å². The molecule has 1 aromatic heterocycles. The molecule has 18 heavy (non-hydrogen) atoms. The molecule has 2 nitrogen and oxygen atoms in total. The first kappa shape index (κ1) is 13.1. The van der Waals surface area contributed by atoms with Crippen LogP contribution < -0.4 is 10.1 Å². The second-order valence-electron chi connectivity index (χ2n) is 4.12. The normalized spacial score (nSPS) is 12.4. The summed E-state index contributed by atoms with van der Waals surface area (Å²) < 4.78 is 5.45. The smallest absolute Gasteiger partial charge is 0.124 e. The molecule has 1 atom stereocenters. The molecule has 0 fully saturated rings. The number of ether oxygens (including phenoxy) is 1. The number of hydrogen-bond acceptors (Lipinski definition) is 3. The van der Waals surface area contributed by atoms with E-state index in [0.717, 1.165) is 12.2 Å². The number of benzene rings is 1. The van der Waals surface area contributed by atoms with E-state index in [1.165, 1.54) is 15.3 Å². The van der Waals surface area contributed by atoms with Crippen LogP contribution in [0, 0.1) is 0 Å². The lowest BCUT2D eigenvalue weighted by atomic mass is 10.0. The average Bonchev–Trinajstić information content (AvgIpc) is 2.89. The molecule has 0 spiro atoms.